The molecule has 3 heteroatoms. The van der Waals surface area contributed by atoms with Crippen LogP contribution in [0.2, 0.25) is 0 Å². The number of halogens is 1. The van der Waals surface area contributed by atoms with Crippen LogP contribution >= 0.6 is 11.6 Å². The average Bonchev–Trinajstić information content (AvgIpc) is 2.54. The molecule has 0 spiro atoms. The normalized spacial score (nSPS) is 29.1. The number of rotatable bonds is 1. The molecule has 1 saturated carbocycles. The van der Waals surface area contributed by atoms with Crippen LogP contribution in [0.3, 0.4) is 0 Å². The molecule has 1 aliphatic carbocycles. The number of aromatic nitrogens is 2. The van der Waals surface area contributed by atoms with Crippen molar-refractivity contribution < 1.29 is 0 Å². The number of hydrogen-bond acceptors (Lipinski definition) is 2. The smallest absolute Gasteiger partial charge is 0.0618 e. The lowest BCUT2D eigenvalue weighted by Gasteiger charge is -2.06. The van der Waals surface area contributed by atoms with Crippen LogP contribution in [-0.2, 0) is 0 Å². The van der Waals surface area contributed by atoms with Gasteiger partial charge in [-0.1, -0.05) is 0 Å². The molecule has 2 nitrogen and oxygen atoms in total. The molecular weight excluding hydrogens is 172 g/mol. The molecule has 0 bridgehead atoms. The lowest BCUT2D eigenvalue weighted by molar-refractivity contribution is 0.693. The van der Waals surface area contributed by atoms with Crippen LogP contribution in [0.25, 0.3) is 0 Å². The second-order valence-corrected chi connectivity index (χ2v) is 3.85. The molecule has 1 aliphatic rings. The van der Waals surface area contributed by atoms with Crippen LogP contribution in [-0.4, -0.2) is 15.3 Å². The molecule has 0 radical (unpaired) electrons. The fourth-order valence-electron chi connectivity index (χ4n) is 1.72. The Balaban J connectivity index is 2.11. The quantitative estimate of drug-likeness (QED) is 0.624. The van der Waals surface area contributed by atoms with Gasteiger partial charge in [-0.3, -0.25) is 9.97 Å². The largest absolute Gasteiger partial charge is 0.261 e. The van der Waals surface area contributed by atoms with Crippen LogP contribution in [0.15, 0.2) is 18.6 Å². The van der Waals surface area contributed by atoms with E-state index < -0.39 is 0 Å². The maximum atomic E-state index is 6.01. The van der Waals surface area contributed by atoms with Gasteiger partial charge in [0.05, 0.1) is 5.69 Å². The molecular formula is C9H11ClN2. The summed E-state index contributed by atoms with van der Waals surface area (Å²) in [6.45, 7) is 0. The van der Waals surface area contributed by atoms with Crippen molar-refractivity contribution in [3.8, 4) is 0 Å². The van der Waals surface area contributed by atoms with Gasteiger partial charge in [0.25, 0.3) is 0 Å². The van der Waals surface area contributed by atoms with Crippen LogP contribution < -0.4 is 0 Å². The van der Waals surface area contributed by atoms with Gasteiger partial charge in [0.1, 0.15) is 0 Å². The first-order chi connectivity index (χ1) is 5.86. The predicted octanol–water partition coefficient (Wildman–Crippen LogP) is 2.35. The summed E-state index contributed by atoms with van der Waals surface area (Å²) in [7, 11) is 0. The first-order valence-corrected chi connectivity index (χ1v) is 4.70. The van der Waals surface area contributed by atoms with Crippen molar-refractivity contribution in [3.63, 3.8) is 0 Å². The van der Waals surface area contributed by atoms with Gasteiger partial charge >= 0.3 is 0 Å². The molecule has 1 aromatic heterocycles. The summed E-state index contributed by atoms with van der Waals surface area (Å²) in [6, 6.07) is 0. The van der Waals surface area contributed by atoms with Crippen LogP contribution in [0.1, 0.15) is 30.9 Å². The highest BCUT2D eigenvalue weighted by Gasteiger charge is 2.24. The number of alkyl halides is 1. The molecule has 1 heterocycles. The molecule has 0 aliphatic heterocycles. The third-order valence-electron chi connectivity index (χ3n) is 2.37. The predicted molar refractivity (Wildman–Crippen MR) is 48.3 cm³/mol. The topological polar surface area (TPSA) is 25.8 Å². The molecule has 0 aromatic carbocycles. The van der Waals surface area contributed by atoms with E-state index in [1.807, 2.05) is 6.20 Å². The van der Waals surface area contributed by atoms with Gasteiger partial charge < -0.3 is 0 Å². The Morgan fingerprint density at radius 3 is 2.83 bits per heavy atom. The maximum Gasteiger partial charge on any atom is 0.0618 e. The summed E-state index contributed by atoms with van der Waals surface area (Å²) < 4.78 is 0. The van der Waals surface area contributed by atoms with Gasteiger partial charge in [-0.05, 0) is 19.3 Å². The first kappa shape index (κ1) is 7.99. The molecule has 12 heavy (non-hydrogen) atoms. The SMILES string of the molecule is ClC1CCC(c2cnccn2)C1. The Morgan fingerprint density at radius 2 is 2.25 bits per heavy atom. The van der Waals surface area contributed by atoms with Crippen molar-refractivity contribution >= 4 is 11.6 Å². The molecule has 0 saturated heterocycles. The highest BCUT2D eigenvalue weighted by Crippen LogP contribution is 2.35. The zero-order valence-corrected chi connectivity index (χ0v) is 7.54. The van der Waals surface area contributed by atoms with E-state index in [0.717, 1.165) is 25.0 Å². The van der Waals surface area contributed by atoms with E-state index in [-0.39, 0.29) is 0 Å². The molecule has 2 unspecified atom stereocenters. The molecule has 64 valence electrons. The lowest BCUT2D eigenvalue weighted by atomic mass is 10.1. The minimum absolute atomic E-state index is 0.344. The zero-order chi connectivity index (χ0) is 8.39. The zero-order valence-electron chi connectivity index (χ0n) is 6.78. The van der Waals surface area contributed by atoms with Gasteiger partial charge in [0.2, 0.25) is 0 Å². The highest BCUT2D eigenvalue weighted by atomic mass is 35.5. The summed E-state index contributed by atoms with van der Waals surface area (Å²) in [5.74, 6) is 0.543. The fraction of sp³-hybridized carbons (Fsp3) is 0.556. The van der Waals surface area contributed by atoms with E-state index in [2.05, 4.69) is 9.97 Å². The maximum absolute atomic E-state index is 6.01. The Bertz CT molecular complexity index is 250. The third-order valence-corrected chi connectivity index (χ3v) is 2.77. The van der Waals surface area contributed by atoms with E-state index >= 15 is 0 Å². The van der Waals surface area contributed by atoms with E-state index in [4.69, 9.17) is 11.6 Å². The summed E-state index contributed by atoms with van der Waals surface area (Å²) in [5.41, 5.74) is 1.10. The Labute approximate surface area is 77.0 Å². The number of nitrogens with zero attached hydrogens (tertiary/aromatic N) is 2. The Hall–Kier alpha value is -0.630. The van der Waals surface area contributed by atoms with Crippen LogP contribution in [0.4, 0.5) is 0 Å². The molecule has 0 amide bonds. The fourth-order valence-corrected chi connectivity index (χ4v) is 2.06. The van der Waals surface area contributed by atoms with Crippen molar-refractivity contribution in [1.82, 2.24) is 9.97 Å². The van der Waals surface area contributed by atoms with Gasteiger partial charge in [-0.15, -0.1) is 11.6 Å². The highest BCUT2D eigenvalue weighted by molar-refractivity contribution is 6.20. The Kier molecular flexibility index (Phi) is 2.26. The second kappa shape index (κ2) is 3.40. The van der Waals surface area contributed by atoms with E-state index in [1.54, 1.807) is 12.4 Å². The average molecular weight is 183 g/mol. The van der Waals surface area contributed by atoms with Crippen molar-refractivity contribution in [2.75, 3.05) is 0 Å². The minimum atomic E-state index is 0.344. The van der Waals surface area contributed by atoms with Crippen molar-refractivity contribution in [2.24, 2.45) is 0 Å². The van der Waals surface area contributed by atoms with Crippen molar-refractivity contribution in [3.05, 3.63) is 24.3 Å². The van der Waals surface area contributed by atoms with E-state index in [9.17, 15) is 0 Å². The van der Waals surface area contributed by atoms with E-state index in [0.29, 0.717) is 11.3 Å². The van der Waals surface area contributed by atoms with Gasteiger partial charge in [-0.25, -0.2) is 0 Å². The monoisotopic (exact) mass is 182 g/mol. The second-order valence-electron chi connectivity index (χ2n) is 3.24. The standard InChI is InChI=1S/C9H11ClN2/c10-8-2-1-7(5-8)9-6-11-3-4-12-9/h3-4,6-8H,1-2,5H2. The van der Waals surface area contributed by atoms with Crippen LogP contribution in [0, 0.1) is 0 Å². The van der Waals surface area contributed by atoms with Gasteiger partial charge in [-0.2, -0.15) is 0 Å². The number of hydrogen-bond donors (Lipinski definition) is 0. The molecule has 1 fully saturated rings. The summed E-state index contributed by atoms with van der Waals surface area (Å²) >= 11 is 6.01. The van der Waals surface area contributed by atoms with Crippen LogP contribution in [0.5, 0.6) is 0 Å². The van der Waals surface area contributed by atoms with E-state index in [1.165, 1.54) is 0 Å². The Morgan fingerprint density at radius 1 is 1.33 bits per heavy atom. The van der Waals surface area contributed by atoms with Gasteiger partial charge in [0.15, 0.2) is 0 Å². The third kappa shape index (κ3) is 1.58. The van der Waals surface area contributed by atoms with Crippen molar-refractivity contribution in [1.29, 1.82) is 0 Å². The molecule has 1 aromatic rings. The summed E-state index contributed by atoms with van der Waals surface area (Å²) in [6.07, 6.45) is 8.63. The minimum Gasteiger partial charge on any atom is -0.261 e. The molecule has 0 N–H and O–H groups in total. The summed E-state index contributed by atoms with van der Waals surface area (Å²) in [5, 5.41) is 0.344. The summed E-state index contributed by atoms with van der Waals surface area (Å²) in [4.78, 5) is 8.32. The van der Waals surface area contributed by atoms with Gasteiger partial charge in [0, 0.05) is 29.9 Å². The van der Waals surface area contributed by atoms with Crippen molar-refractivity contribution in [2.45, 2.75) is 30.6 Å². The molecule has 2 rings (SSSR count). The first-order valence-electron chi connectivity index (χ1n) is 4.26. The lowest BCUT2D eigenvalue weighted by Crippen LogP contribution is -1.97. The molecule has 2 atom stereocenters.